The van der Waals surface area contributed by atoms with Gasteiger partial charge in [-0.25, -0.2) is 0 Å². The van der Waals surface area contributed by atoms with Crippen molar-refractivity contribution in [1.82, 2.24) is 10.2 Å². The van der Waals surface area contributed by atoms with E-state index in [4.69, 9.17) is 4.74 Å². The monoisotopic (exact) mass is 366 g/mol. The quantitative estimate of drug-likeness (QED) is 0.424. The van der Waals surface area contributed by atoms with Crippen molar-refractivity contribution in [3.63, 3.8) is 0 Å². The van der Waals surface area contributed by atoms with Gasteiger partial charge in [-0.05, 0) is 24.3 Å². The highest BCUT2D eigenvalue weighted by Crippen LogP contribution is 2.25. The molecule has 24 heavy (non-hydrogen) atoms. The number of hydrogen-bond acceptors (Lipinski definition) is 7. The Bertz CT molecular complexity index is 688. The van der Waals surface area contributed by atoms with Crippen LogP contribution < -0.4 is 10.6 Å². The lowest BCUT2D eigenvalue weighted by molar-refractivity contribution is -0.115. The van der Waals surface area contributed by atoms with Gasteiger partial charge in [0.15, 0.2) is 4.34 Å². The Labute approximate surface area is 148 Å². The maximum absolute atomic E-state index is 12.2. The molecule has 0 spiro atoms. The molecule has 2 amide bonds. The van der Waals surface area contributed by atoms with E-state index >= 15 is 0 Å². The Hall–Kier alpha value is -1.97. The summed E-state index contributed by atoms with van der Waals surface area (Å²) < 4.78 is 5.75. The van der Waals surface area contributed by atoms with Crippen molar-refractivity contribution in [2.75, 3.05) is 30.1 Å². The number of rotatable bonds is 8. The molecule has 0 fully saturated rings. The largest absolute Gasteiger partial charge is 0.384 e. The molecule has 0 bridgehead atoms. The Kier molecular flexibility index (Phi) is 7.16. The summed E-state index contributed by atoms with van der Waals surface area (Å²) in [6.07, 6.45) is 0.407. The van der Waals surface area contributed by atoms with E-state index < -0.39 is 0 Å². The molecule has 128 valence electrons. The third kappa shape index (κ3) is 5.59. The van der Waals surface area contributed by atoms with E-state index in [1.54, 1.807) is 38.3 Å². The van der Waals surface area contributed by atoms with Crippen LogP contribution in [0.5, 0.6) is 0 Å². The van der Waals surface area contributed by atoms with Crippen LogP contribution in [0, 0.1) is 0 Å². The zero-order chi connectivity index (χ0) is 17.4. The Balaban J connectivity index is 1.91. The highest BCUT2D eigenvalue weighted by molar-refractivity contribution is 8.01. The lowest BCUT2D eigenvalue weighted by atomic mass is 10.2. The summed E-state index contributed by atoms with van der Waals surface area (Å²) in [7, 11) is 1.64. The first-order valence-corrected chi connectivity index (χ1v) is 9.09. The van der Waals surface area contributed by atoms with Crippen molar-refractivity contribution in [2.45, 2.75) is 17.7 Å². The number of methoxy groups -OCH3 is 1. The fraction of sp³-hybridized carbons (Fsp3) is 0.333. The van der Waals surface area contributed by atoms with E-state index in [1.807, 2.05) is 0 Å². The zero-order valence-electron chi connectivity index (χ0n) is 13.4. The molecule has 2 aromatic rings. The number of amides is 2. The van der Waals surface area contributed by atoms with Gasteiger partial charge in [0, 0.05) is 30.5 Å². The minimum absolute atomic E-state index is 0.0698. The lowest BCUT2D eigenvalue weighted by Crippen LogP contribution is -2.12. The summed E-state index contributed by atoms with van der Waals surface area (Å²) in [5.74, 6) is 0.442. The molecule has 9 heteroatoms. The molecule has 2 rings (SSSR count). The van der Waals surface area contributed by atoms with Crippen molar-refractivity contribution in [3.05, 3.63) is 29.8 Å². The average Bonchev–Trinajstić information content (AvgIpc) is 3.03. The van der Waals surface area contributed by atoms with E-state index in [9.17, 15) is 9.59 Å². The zero-order valence-corrected chi connectivity index (χ0v) is 15.0. The molecular formula is C15H18N4O3S2. The predicted octanol–water partition coefficient (Wildman–Crippen LogP) is 2.88. The maximum atomic E-state index is 12.2. The van der Waals surface area contributed by atoms with Crippen LogP contribution in [0.3, 0.4) is 0 Å². The molecule has 0 aliphatic heterocycles. The number of ether oxygens (including phenoxy) is 1. The van der Waals surface area contributed by atoms with Crippen LogP contribution >= 0.6 is 23.1 Å². The van der Waals surface area contributed by atoms with E-state index in [-0.39, 0.29) is 11.8 Å². The van der Waals surface area contributed by atoms with Gasteiger partial charge in [-0.2, -0.15) is 0 Å². The van der Waals surface area contributed by atoms with Crippen molar-refractivity contribution in [2.24, 2.45) is 0 Å². The molecule has 0 aliphatic rings. The van der Waals surface area contributed by atoms with Gasteiger partial charge in [-0.3, -0.25) is 14.9 Å². The van der Waals surface area contributed by atoms with Crippen molar-refractivity contribution in [1.29, 1.82) is 0 Å². The van der Waals surface area contributed by atoms with E-state index in [2.05, 4.69) is 20.8 Å². The molecule has 0 radical (unpaired) electrons. The highest BCUT2D eigenvalue weighted by Gasteiger charge is 2.11. The first-order valence-electron chi connectivity index (χ1n) is 7.29. The number of carbonyl (C=O) groups is 2. The molecule has 7 nitrogen and oxygen atoms in total. The van der Waals surface area contributed by atoms with Crippen LogP contribution in [-0.4, -0.2) is 41.5 Å². The lowest BCUT2D eigenvalue weighted by Gasteiger charge is -2.05. The van der Waals surface area contributed by atoms with Gasteiger partial charge in [-0.15, -0.1) is 10.2 Å². The van der Waals surface area contributed by atoms with Crippen LogP contribution in [0.25, 0.3) is 0 Å². The molecule has 0 saturated carbocycles. The van der Waals surface area contributed by atoms with Crippen LogP contribution in [0.4, 0.5) is 10.8 Å². The van der Waals surface area contributed by atoms with Gasteiger partial charge in [-0.1, -0.05) is 30.0 Å². The number of thioether (sulfide) groups is 1. The fourth-order valence-electron chi connectivity index (χ4n) is 1.65. The second-order valence-corrected chi connectivity index (χ2v) is 6.97. The summed E-state index contributed by atoms with van der Waals surface area (Å²) in [6, 6.07) is 6.68. The number of nitrogens with zero attached hydrogens (tertiary/aromatic N) is 2. The van der Waals surface area contributed by atoms with Crippen LogP contribution in [-0.2, 0) is 9.53 Å². The van der Waals surface area contributed by atoms with Gasteiger partial charge >= 0.3 is 0 Å². The normalized spacial score (nSPS) is 10.4. The van der Waals surface area contributed by atoms with Crippen LogP contribution in [0.15, 0.2) is 28.6 Å². The minimum Gasteiger partial charge on any atom is -0.384 e. The minimum atomic E-state index is -0.270. The third-order valence-electron chi connectivity index (χ3n) is 2.89. The highest BCUT2D eigenvalue weighted by atomic mass is 32.2. The summed E-state index contributed by atoms with van der Waals surface area (Å²) >= 11 is 2.84. The molecular weight excluding hydrogens is 348 g/mol. The number of benzene rings is 1. The first-order chi connectivity index (χ1) is 11.6. The number of nitrogens with one attached hydrogen (secondary N) is 2. The predicted molar refractivity (Wildman–Crippen MR) is 95.8 cm³/mol. The molecule has 0 saturated heterocycles. The standard InChI is InChI=1S/C15H18N4O3S2/c1-3-12(20)16-11-6-4-10(5-7-11)13(21)17-14-18-19-15(24-14)23-9-8-22-2/h4-7H,3,8-9H2,1-2H3,(H,16,20)(H,17,18,21). The number of carbonyl (C=O) groups excluding carboxylic acids is 2. The van der Waals surface area contributed by atoms with E-state index in [0.717, 1.165) is 10.1 Å². The van der Waals surface area contributed by atoms with Crippen LogP contribution in [0.2, 0.25) is 0 Å². The maximum Gasteiger partial charge on any atom is 0.257 e. The summed E-state index contributed by atoms with van der Waals surface area (Å²) in [5, 5.41) is 13.8. The van der Waals surface area contributed by atoms with Crippen LogP contribution in [0.1, 0.15) is 23.7 Å². The van der Waals surface area contributed by atoms with Crippen molar-refractivity contribution in [3.8, 4) is 0 Å². The fourth-order valence-corrected chi connectivity index (χ4v) is 3.37. The second kappa shape index (κ2) is 9.36. The van der Waals surface area contributed by atoms with E-state index in [0.29, 0.717) is 29.4 Å². The van der Waals surface area contributed by atoms with Gasteiger partial charge in [0.05, 0.1) is 6.61 Å². The number of aromatic nitrogens is 2. The van der Waals surface area contributed by atoms with Gasteiger partial charge < -0.3 is 10.1 Å². The van der Waals surface area contributed by atoms with Crippen molar-refractivity contribution >= 4 is 45.7 Å². The SMILES string of the molecule is CCC(=O)Nc1ccc(C(=O)Nc2nnc(SCCOC)s2)cc1. The summed E-state index contributed by atoms with van der Waals surface area (Å²) in [6.45, 7) is 2.41. The molecule has 0 atom stereocenters. The molecule has 1 heterocycles. The molecule has 1 aromatic heterocycles. The molecule has 2 N–H and O–H groups in total. The van der Waals surface area contributed by atoms with Gasteiger partial charge in [0.25, 0.3) is 5.91 Å². The average molecular weight is 366 g/mol. The Morgan fingerprint density at radius 2 is 1.96 bits per heavy atom. The molecule has 0 unspecified atom stereocenters. The number of anilines is 2. The van der Waals surface area contributed by atoms with Crippen molar-refractivity contribution < 1.29 is 14.3 Å². The smallest absolute Gasteiger partial charge is 0.257 e. The molecule has 1 aromatic carbocycles. The second-order valence-electron chi connectivity index (χ2n) is 4.65. The molecule has 0 aliphatic carbocycles. The Morgan fingerprint density at radius 3 is 2.62 bits per heavy atom. The topological polar surface area (TPSA) is 93.2 Å². The Morgan fingerprint density at radius 1 is 1.21 bits per heavy atom. The summed E-state index contributed by atoms with van der Waals surface area (Å²) in [4.78, 5) is 23.5. The number of hydrogen-bond donors (Lipinski definition) is 2. The van der Waals surface area contributed by atoms with Gasteiger partial charge in [0.1, 0.15) is 0 Å². The van der Waals surface area contributed by atoms with Gasteiger partial charge in [0.2, 0.25) is 11.0 Å². The third-order valence-corrected chi connectivity index (χ3v) is 4.83. The summed E-state index contributed by atoms with van der Waals surface area (Å²) in [5.41, 5.74) is 1.14. The first kappa shape index (κ1) is 18.4. The van der Waals surface area contributed by atoms with E-state index in [1.165, 1.54) is 23.1 Å².